The molecule has 0 radical (unpaired) electrons. The average molecular weight is 308 g/mol. The molecule has 0 heterocycles. The lowest BCUT2D eigenvalue weighted by Gasteiger charge is -2.21. The lowest BCUT2D eigenvalue weighted by Crippen LogP contribution is -2.14. The van der Waals surface area contributed by atoms with Gasteiger partial charge in [-0.3, -0.25) is 4.21 Å². The Morgan fingerprint density at radius 3 is 2.10 bits per heavy atom. The fourth-order valence-corrected chi connectivity index (χ4v) is 4.17. The molecule has 0 bridgehead atoms. The Morgan fingerprint density at radius 1 is 1.00 bits per heavy atom. The van der Waals surface area contributed by atoms with Gasteiger partial charge in [0.2, 0.25) is 0 Å². The Labute approximate surface area is 126 Å². The van der Waals surface area contributed by atoms with Crippen LogP contribution in [0.4, 0.5) is 8.78 Å². The number of hydrogen-bond acceptors (Lipinski definition) is 1. The summed E-state index contributed by atoms with van der Waals surface area (Å²) >= 11 is 0. The number of hydrogen-bond donors (Lipinski definition) is 0. The zero-order chi connectivity index (χ0) is 15.4. The van der Waals surface area contributed by atoms with Crippen molar-refractivity contribution >= 4 is 10.8 Å². The van der Waals surface area contributed by atoms with Crippen molar-refractivity contribution in [2.45, 2.75) is 30.8 Å². The third-order valence-corrected chi connectivity index (χ3v) is 5.68. The van der Waals surface area contributed by atoms with E-state index < -0.39 is 27.7 Å². The second kappa shape index (κ2) is 6.94. The summed E-state index contributed by atoms with van der Waals surface area (Å²) in [7, 11) is -1.41. The molecular weight excluding hydrogens is 290 g/mol. The highest BCUT2D eigenvalue weighted by molar-refractivity contribution is 7.85. The van der Waals surface area contributed by atoms with Gasteiger partial charge in [-0.2, -0.15) is 0 Å². The van der Waals surface area contributed by atoms with Gasteiger partial charge in [0, 0.05) is 16.4 Å². The first kappa shape index (κ1) is 15.8. The lowest BCUT2D eigenvalue weighted by atomic mass is 10.1. The zero-order valence-electron chi connectivity index (χ0n) is 12.1. The van der Waals surface area contributed by atoms with E-state index in [2.05, 4.69) is 0 Å². The fraction of sp³-hybridized carbons (Fsp3) is 0.294. The molecule has 0 aliphatic heterocycles. The van der Waals surface area contributed by atoms with Crippen molar-refractivity contribution in [3.63, 3.8) is 0 Å². The van der Waals surface area contributed by atoms with Crippen LogP contribution in [0.3, 0.4) is 0 Å². The molecule has 0 N–H and O–H groups in total. The monoisotopic (exact) mass is 308 g/mol. The normalized spacial score (nSPS) is 15.4. The Hall–Kier alpha value is -1.55. The summed E-state index contributed by atoms with van der Waals surface area (Å²) in [6.07, 6.45) is 0.650. The molecule has 0 saturated heterocycles. The van der Waals surface area contributed by atoms with E-state index in [4.69, 9.17) is 0 Å². The first-order valence-corrected chi connectivity index (χ1v) is 8.22. The molecule has 2 aromatic carbocycles. The molecule has 2 rings (SSSR count). The molecule has 0 saturated carbocycles. The fourth-order valence-electron chi connectivity index (χ4n) is 2.46. The van der Waals surface area contributed by atoms with Gasteiger partial charge in [-0.1, -0.05) is 43.3 Å². The second-order valence-electron chi connectivity index (χ2n) is 4.91. The highest BCUT2D eigenvalue weighted by atomic mass is 32.2. The first-order chi connectivity index (χ1) is 10.1. The van der Waals surface area contributed by atoms with Crippen LogP contribution in [0, 0.1) is 11.6 Å². The van der Waals surface area contributed by atoms with E-state index in [1.807, 2.05) is 37.3 Å². The van der Waals surface area contributed by atoms with Gasteiger partial charge in [0.25, 0.3) is 0 Å². The molecule has 4 heteroatoms. The summed E-state index contributed by atoms with van der Waals surface area (Å²) in [6, 6.07) is 13.2. The summed E-state index contributed by atoms with van der Waals surface area (Å²) in [5.74, 6) is -1.28. The lowest BCUT2D eigenvalue weighted by molar-refractivity contribution is 0.552. The maximum absolute atomic E-state index is 13.9. The molecule has 2 aromatic rings. The topological polar surface area (TPSA) is 17.1 Å². The number of benzene rings is 2. The van der Waals surface area contributed by atoms with E-state index in [1.54, 1.807) is 6.92 Å². The van der Waals surface area contributed by atoms with E-state index in [1.165, 1.54) is 18.2 Å². The van der Waals surface area contributed by atoms with E-state index in [0.29, 0.717) is 6.42 Å². The van der Waals surface area contributed by atoms with Gasteiger partial charge in [0.1, 0.15) is 11.6 Å². The molecule has 3 atom stereocenters. The van der Waals surface area contributed by atoms with E-state index in [0.717, 1.165) is 5.56 Å². The van der Waals surface area contributed by atoms with Gasteiger partial charge in [-0.15, -0.1) is 0 Å². The van der Waals surface area contributed by atoms with E-state index in [-0.39, 0.29) is 10.8 Å². The van der Waals surface area contributed by atoms with E-state index in [9.17, 15) is 13.0 Å². The average Bonchev–Trinajstić information content (AvgIpc) is 2.48. The standard InChI is InChI=1S/C17H18F2OS/c1-3-16(13-8-5-4-6-9-13)21(20)12(2)17-14(18)10-7-11-15(17)19/h4-12,16H,3H2,1-2H3/t12-,16+,21+/m0/s1. The van der Waals surface area contributed by atoms with Gasteiger partial charge in [-0.05, 0) is 31.0 Å². The van der Waals surface area contributed by atoms with Crippen LogP contribution in [0.5, 0.6) is 0 Å². The van der Waals surface area contributed by atoms with Crippen molar-refractivity contribution in [2.24, 2.45) is 0 Å². The maximum atomic E-state index is 13.9. The van der Waals surface area contributed by atoms with Gasteiger partial charge >= 0.3 is 0 Å². The van der Waals surface area contributed by atoms with Crippen LogP contribution in [0.25, 0.3) is 0 Å². The minimum absolute atomic E-state index is 0.0924. The molecule has 0 fully saturated rings. The molecule has 1 nitrogen and oxygen atoms in total. The quantitative estimate of drug-likeness (QED) is 0.765. The molecule has 0 aromatic heterocycles. The minimum Gasteiger partial charge on any atom is -0.258 e. The minimum atomic E-state index is -1.41. The smallest absolute Gasteiger partial charge is 0.130 e. The van der Waals surface area contributed by atoms with Crippen LogP contribution in [-0.4, -0.2) is 4.21 Å². The highest BCUT2D eigenvalue weighted by Crippen LogP contribution is 2.34. The second-order valence-corrected chi connectivity index (χ2v) is 6.85. The molecule has 0 spiro atoms. The highest BCUT2D eigenvalue weighted by Gasteiger charge is 2.27. The van der Waals surface area contributed by atoms with Crippen LogP contribution >= 0.6 is 0 Å². The zero-order valence-corrected chi connectivity index (χ0v) is 12.9. The largest absolute Gasteiger partial charge is 0.258 e. The Kier molecular flexibility index (Phi) is 5.23. The van der Waals surface area contributed by atoms with Gasteiger partial charge in [0.05, 0.1) is 10.5 Å². The van der Waals surface area contributed by atoms with Crippen molar-refractivity contribution in [1.29, 1.82) is 0 Å². The predicted molar refractivity (Wildman–Crippen MR) is 82.4 cm³/mol. The van der Waals surface area contributed by atoms with Crippen molar-refractivity contribution in [1.82, 2.24) is 0 Å². The molecule has 0 aliphatic rings. The van der Waals surface area contributed by atoms with Gasteiger partial charge < -0.3 is 0 Å². The molecule has 112 valence electrons. The summed E-state index contributed by atoms with van der Waals surface area (Å²) in [4.78, 5) is 0. The predicted octanol–water partition coefficient (Wildman–Crippen LogP) is 4.93. The Balaban J connectivity index is 2.34. The molecule has 0 aliphatic carbocycles. The van der Waals surface area contributed by atoms with Crippen LogP contribution in [0.2, 0.25) is 0 Å². The summed E-state index contributed by atoms with van der Waals surface area (Å²) in [5, 5.41) is -0.934. The third kappa shape index (κ3) is 3.38. The summed E-state index contributed by atoms with van der Waals surface area (Å²) in [6.45, 7) is 3.54. The SMILES string of the molecule is CC[C@H](c1ccccc1)[S@](=O)[C@@H](C)c1c(F)cccc1F. The van der Waals surface area contributed by atoms with Crippen LogP contribution < -0.4 is 0 Å². The first-order valence-electron chi connectivity index (χ1n) is 6.94. The third-order valence-electron chi connectivity index (χ3n) is 3.58. The Morgan fingerprint density at radius 2 is 1.57 bits per heavy atom. The number of halogens is 2. The van der Waals surface area contributed by atoms with Gasteiger partial charge in [0.15, 0.2) is 0 Å². The molecule has 0 unspecified atom stereocenters. The summed E-state index contributed by atoms with van der Waals surface area (Å²) in [5.41, 5.74) is 0.840. The molecular formula is C17H18F2OS. The van der Waals surface area contributed by atoms with Crippen LogP contribution in [0.1, 0.15) is 41.9 Å². The van der Waals surface area contributed by atoms with Crippen molar-refractivity contribution in [2.75, 3.05) is 0 Å². The van der Waals surface area contributed by atoms with Crippen molar-refractivity contribution in [3.05, 3.63) is 71.3 Å². The molecule has 21 heavy (non-hydrogen) atoms. The summed E-state index contributed by atoms with van der Waals surface area (Å²) < 4.78 is 40.5. The van der Waals surface area contributed by atoms with Crippen molar-refractivity contribution in [3.8, 4) is 0 Å². The maximum Gasteiger partial charge on any atom is 0.130 e. The molecule has 0 amide bonds. The van der Waals surface area contributed by atoms with E-state index >= 15 is 0 Å². The number of rotatable bonds is 5. The Bertz CT molecular complexity index is 608. The van der Waals surface area contributed by atoms with Gasteiger partial charge in [-0.25, -0.2) is 8.78 Å². The van der Waals surface area contributed by atoms with Crippen LogP contribution in [0.15, 0.2) is 48.5 Å². The van der Waals surface area contributed by atoms with Crippen LogP contribution in [-0.2, 0) is 10.8 Å². The van der Waals surface area contributed by atoms with Crippen molar-refractivity contribution < 1.29 is 13.0 Å².